The van der Waals surface area contributed by atoms with Crippen molar-refractivity contribution in [3.05, 3.63) is 35.4 Å². The zero-order chi connectivity index (χ0) is 16.8. The van der Waals surface area contributed by atoms with Crippen molar-refractivity contribution in [1.29, 1.82) is 0 Å². The SMILES string of the molecule is CC1CN(CCO)CCN1C(=O)CCCc1cc(F)ccc1F. The summed E-state index contributed by atoms with van der Waals surface area (Å²) >= 11 is 0. The first kappa shape index (κ1) is 17.8. The second-order valence-corrected chi connectivity index (χ2v) is 6.05. The summed E-state index contributed by atoms with van der Waals surface area (Å²) in [4.78, 5) is 16.3. The molecule has 23 heavy (non-hydrogen) atoms. The molecule has 0 spiro atoms. The number of β-amino-alcohol motifs (C(OH)–C–C–N with tert-alkyl or cyclic N) is 1. The molecule has 2 rings (SSSR count). The van der Waals surface area contributed by atoms with Gasteiger partial charge in [0.05, 0.1) is 6.61 Å². The molecule has 1 fully saturated rings. The molecule has 1 saturated heterocycles. The third kappa shape index (κ3) is 4.97. The summed E-state index contributed by atoms with van der Waals surface area (Å²) in [5.41, 5.74) is 0.318. The molecule has 0 radical (unpaired) electrons. The third-order valence-corrected chi connectivity index (χ3v) is 4.29. The zero-order valence-corrected chi connectivity index (χ0v) is 13.5. The summed E-state index contributed by atoms with van der Waals surface area (Å²) in [7, 11) is 0. The largest absolute Gasteiger partial charge is 0.395 e. The molecule has 1 amide bonds. The molecule has 1 heterocycles. The highest BCUT2D eigenvalue weighted by molar-refractivity contribution is 5.76. The summed E-state index contributed by atoms with van der Waals surface area (Å²) < 4.78 is 26.6. The minimum atomic E-state index is -0.457. The Kier molecular flexibility index (Phi) is 6.47. The van der Waals surface area contributed by atoms with Crippen molar-refractivity contribution >= 4 is 5.91 Å². The van der Waals surface area contributed by atoms with E-state index in [1.54, 1.807) is 0 Å². The molecular weight excluding hydrogens is 302 g/mol. The lowest BCUT2D eigenvalue weighted by Crippen LogP contribution is -2.54. The van der Waals surface area contributed by atoms with E-state index in [0.29, 0.717) is 37.9 Å². The van der Waals surface area contributed by atoms with Gasteiger partial charge in [-0.15, -0.1) is 0 Å². The smallest absolute Gasteiger partial charge is 0.222 e. The highest BCUT2D eigenvalue weighted by atomic mass is 19.1. The van der Waals surface area contributed by atoms with Crippen LogP contribution >= 0.6 is 0 Å². The van der Waals surface area contributed by atoms with Gasteiger partial charge in [-0.25, -0.2) is 8.78 Å². The molecule has 0 saturated carbocycles. The van der Waals surface area contributed by atoms with Crippen LogP contribution in [0, 0.1) is 11.6 Å². The number of benzene rings is 1. The molecule has 1 aliphatic heterocycles. The first-order chi connectivity index (χ1) is 11.0. The van der Waals surface area contributed by atoms with Crippen LogP contribution < -0.4 is 0 Å². The van der Waals surface area contributed by atoms with Crippen LogP contribution in [0.25, 0.3) is 0 Å². The molecule has 0 aromatic heterocycles. The molecule has 4 nitrogen and oxygen atoms in total. The van der Waals surface area contributed by atoms with Gasteiger partial charge in [-0.1, -0.05) is 0 Å². The minimum absolute atomic E-state index is 0.0537. The number of aliphatic hydroxyl groups excluding tert-OH is 1. The van der Waals surface area contributed by atoms with Crippen LogP contribution in [0.5, 0.6) is 0 Å². The molecule has 1 aromatic rings. The highest BCUT2D eigenvalue weighted by Crippen LogP contribution is 2.15. The predicted octanol–water partition coefficient (Wildman–Crippen LogP) is 1.81. The van der Waals surface area contributed by atoms with E-state index in [9.17, 15) is 13.6 Å². The molecule has 0 bridgehead atoms. The molecule has 1 atom stereocenters. The maximum absolute atomic E-state index is 13.5. The van der Waals surface area contributed by atoms with Gasteiger partial charge in [0.15, 0.2) is 0 Å². The van der Waals surface area contributed by atoms with Gasteiger partial charge in [0.2, 0.25) is 5.91 Å². The Bertz CT molecular complexity index is 539. The average Bonchev–Trinajstić information content (AvgIpc) is 2.51. The third-order valence-electron chi connectivity index (χ3n) is 4.29. The van der Waals surface area contributed by atoms with Gasteiger partial charge in [-0.05, 0) is 43.5 Å². The molecule has 0 aliphatic carbocycles. The Labute approximate surface area is 135 Å². The van der Waals surface area contributed by atoms with Crippen molar-refractivity contribution in [2.45, 2.75) is 32.2 Å². The normalized spacial score (nSPS) is 19.1. The van der Waals surface area contributed by atoms with E-state index in [1.165, 1.54) is 6.07 Å². The Balaban J connectivity index is 1.80. The number of hydrogen-bond donors (Lipinski definition) is 1. The molecule has 1 unspecified atom stereocenters. The van der Waals surface area contributed by atoms with Crippen LogP contribution in [0.4, 0.5) is 8.78 Å². The topological polar surface area (TPSA) is 43.8 Å². The van der Waals surface area contributed by atoms with E-state index in [0.717, 1.165) is 25.2 Å². The number of carbonyl (C=O) groups is 1. The first-order valence-electron chi connectivity index (χ1n) is 8.08. The number of piperazine rings is 1. The molecular formula is C17H24F2N2O2. The monoisotopic (exact) mass is 326 g/mol. The van der Waals surface area contributed by atoms with Gasteiger partial charge in [0, 0.05) is 38.6 Å². The Morgan fingerprint density at radius 2 is 2.13 bits per heavy atom. The Morgan fingerprint density at radius 3 is 2.83 bits per heavy atom. The molecule has 1 aliphatic rings. The van der Waals surface area contributed by atoms with E-state index >= 15 is 0 Å². The lowest BCUT2D eigenvalue weighted by molar-refractivity contribution is -0.135. The van der Waals surface area contributed by atoms with Crippen molar-refractivity contribution in [3.8, 4) is 0 Å². The van der Waals surface area contributed by atoms with Crippen LogP contribution in [-0.4, -0.2) is 59.6 Å². The van der Waals surface area contributed by atoms with Gasteiger partial charge in [-0.2, -0.15) is 0 Å². The van der Waals surface area contributed by atoms with Crippen LogP contribution in [0.15, 0.2) is 18.2 Å². The van der Waals surface area contributed by atoms with Crippen molar-refractivity contribution in [2.75, 3.05) is 32.8 Å². The average molecular weight is 326 g/mol. The minimum Gasteiger partial charge on any atom is -0.395 e. The van der Waals surface area contributed by atoms with Gasteiger partial charge < -0.3 is 10.0 Å². The number of hydrogen-bond acceptors (Lipinski definition) is 3. The predicted molar refractivity (Wildman–Crippen MR) is 84.0 cm³/mol. The second kappa shape index (κ2) is 8.36. The Hall–Kier alpha value is -1.53. The number of amides is 1. The fourth-order valence-electron chi connectivity index (χ4n) is 3.06. The van der Waals surface area contributed by atoms with Crippen molar-refractivity contribution in [1.82, 2.24) is 9.80 Å². The molecule has 128 valence electrons. The molecule has 6 heteroatoms. The number of aliphatic hydroxyl groups is 1. The molecule has 1 aromatic carbocycles. The van der Waals surface area contributed by atoms with Gasteiger partial charge in [-0.3, -0.25) is 9.69 Å². The zero-order valence-electron chi connectivity index (χ0n) is 13.5. The first-order valence-corrected chi connectivity index (χ1v) is 8.08. The van der Waals surface area contributed by atoms with E-state index in [1.807, 2.05) is 11.8 Å². The maximum Gasteiger partial charge on any atom is 0.222 e. The van der Waals surface area contributed by atoms with Gasteiger partial charge >= 0.3 is 0 Å². The fourth-order valence-corrected chi connectivity index (χ4v) is 3.06. The van der Waals surface area contributed by atoms with Crippen LogP contribution in [0.3, 0.4) is 0 Å². The van der Waals surface area contributed by atoms with Crippen LogP contribution in [-0.2, 0) is 11.2 Å². The quantitative estimate of drug-likeness (QED) is 0.867. The second-order valence-electron chi connectivity index (χ2n) is 6.05. The number of halogens is 2. The standard InChI is InChI=1S/C17H24F2N2O2/c1-13-12-20(9-10-22)7-8-21(13)17(23)4-2-3-14-11-15(18)5-6-16(14)19/h5-6,11,13,22H,2-4,7-10,12H2,1H3. The number of nitrogens with zero attached hydrogens (tertiary/aromatic N) is 2. The van der Waals surface area contributed by atoms with E-state index in [2.05, 4.69) is 4.90 Å². The van der Waals surface area contributed by atoms with Crippen molar-refractivity contribution in [2.24, 2.45) is 0 Å². The van der Waals surface area contributed by atoms with Crippen LogP contribution in [0.1, 0.15) is 25.3 Å². The summed E-state index contributed by atoms with van der Waals surface area (Å²) in [6.07, 6.45) is 1.19. The molecule has 1 N–H and O–H groups in total. The number of carbonyl (C=O) groups excluding carboxylic acids is 1. The van der Waals surface area contributed by atoms with Gasteiger partial charge in [0.1, 0.15) is 11.6 Å². The van der Waals surface area contributed by atoms with E-state index in [-0.39, 0.29) is 18.6 Å². The number of rotatable bonds is 6. The van der Waals surface area contributed by atoms with E-state index in [4.69, 9.17) is 5.11 Å². The Morgan fingerprint density at radius 1 is 1.35 bits per heavy atom. The summed E-state index contributed by atoms with van der Waals surface area (Å²) in [5.74, 6) is -0.829. The fraction of sp³-hybridized carbons (Fsp3) is 0.588. The van der Waals surface area contributed by atoms with E-state index < -0.39 is 11.6 Å². The van der Waals surface area contributed by atoms with Gasteiger partial charge in [0.25, 0.3) is 0 Å². The summed E-state index contributed by atoms with van der Waals surface area (Å²) in [6, 6.07) is 3.51. The lowest BCUT2D eigenvalue weighted by atomic mass is 10.1. The van der Waals surface area contributed by atoms with Crippen molar-refractivity contribution in [3.63, 3.8) is 0 Å². The maximum atomic E-state index is 13.5. The highest BCUT2D eigenvalue weighted by Gasteiger charge is 2.26. The summed E-state index contributed by atoms with van der Waals surface area (Å²) in [5, 5.41) is 8.97. The van der Waals surface area contributed by atoms with Crippen LogP contribution in [0.2, 0.25) is 0 Å². The number of aryl methyl sites for hydroxylation is 1. The van der Waals surface area contributed by atoms with Crippen molar-refractivity contribution < 1.29 is 18.7 Å². The summed E-state index contributed by atoms with van der Waals surface area (Å²) in [6.45, 7) is 4.91. The lowest BCUT2D eigenvalue weighted by Gasteiger charge is -2.39.